The first-order chi connectivity index (χ1) is 11.6. The van der Waals surface area contributed by atoms with Crippen LogP contribution in [0.3, 0.4) is 0 Å². The predicted molar refractivity (Wildman–Crippen MR) is 81.6 cm³/mol. The molecule has 1 aliphatic rings. The van der Waals surface area contributed by atoms with E-state index in [0.717, 1.165) is 19.5 Å². The van der Waals surface area contributed by atoms with Gasteiger partial charge >= 0.3 is 6.61 Å². The smallest absolute Gasteiger partial charge is 0.388 e. The number of nitrogens with one attached hydrogen (secondary N) is 3. The van der Waals surface area contributed by atoms with Gasteiger partial charge in [-0.25, -0.2) is 0 Å². The highest BCUT2D eigenvalue weighted by molar-refractivity contribution is 5.51. The van der Waals surface area contributed by atoms with Gasteiger partial charge in [-0.15, -0.1) is 5.10 Å². The number of ether oxygens (including phenoxy) is 2. The van der Waals surface area contributed by atoms with Crippen LogP contribution in [0.15, 0.2) is 18.5 Å². The van der Waals surface area contributed by atoms with Crippen LogP contribution in [0.5, 0.6) is 11.8 Å². The van der Waals surface area contributed by atoms with Gasteiger partial charge in [0.25, 0.3) is 0 Å². The zero-order chi connectivity index (χ0) is 16.9. The van der Waals surface area contributed by atoms with Crippen LogP contribution in [0.25, 0.3) is 0 Å². The van der Waals surface area contributed by atoms with E-state index >= 15 is 0 Å². The summed E-state index contributed by atoms with van der Waals surface area (Å²) in [6, 6.07) is 1.30. The zero-order valence-corrected chi connectivity index (χ0v) is 13.0. The van der Waals surface area contributed by atoms with Crippen molar-refractivity contribution in [3.05, 3.63) is 18.5 Å². The molecule has 0 aliphatic carbocycles. The Kier molecular flexibility index (Phi) is 5.04. The fraction of sp³-hybridized carbons (Fsp3) is 0.500. The molecule has 3 heterocycles. The summed E-state index contributed by atoms with van der Waals surface area (Å²) >= 11 is 0. The number of alkyl halides is 2. The summed E-state index contributed by atoms with van der Waals surface area (Å²) in [7, 11) is 0. The first-order valence-corrected chi connectivity index (χ1v) is 7.57. The molecular weight excluding hydrogens is 322 g/mol. The van der Waals surface area contributed by atoms with E-state index in [1.54, 1.807) is 0 Å². The third kappa shape index (κ3) is 4.28. The summed E-state index contributed by atoms with van der Waals surface area (Å²) in [5, 5.41) is 12.3. The summed E-state index contributed by atoms with van der Waals surface area (Å²) < 4.78 is 34.3. The summed E-state index contributed by atoms with van der Waals surface area (Å²) in [4.78, 5) is 8.39. The Morgan fingerprint density at radius 1 is 1.33 bits per heavy atom. The Hall–Kier alpha value is -2.49. The molecule has 1 saturated heterocycles. The molecule has 0 bridgehead atoms. The van der Waals surface area contributed by atoms with Crippen LogP contribution >= 0.6 is 0 Å². The van der Waals surface area contributed by atoms with Gasteiger partial charge < -0.3 is 20.1 Å². The summed E-state index contributed by atoms with van der Waals surface area (Å²) in [6.07, 6.45) is 4.01. The van der Waals surface area contributed by atoms with Gasteiger partial charge in [-0.2, -0.15) is 13.8 Å². The van der Waals surface area contributed by atoms with Gasteiger partial charge in [0.05, 0.1) is 12.4 Å². The molecule has 0 amide bonds. The van der Waals surface area contributed by atoms with E-state index in [9.17, 15) is 8.78 Å². The molecule has 24 heavy (non-hydrogen) atoms. The molecule has 0 aromatic carbocycles. The number of piperidine rings is 1. The highest BCUT2D eigenvalue weighted by atomic mass is 19.3. The molecule has 130 valence electrons. The van der Waals surface area contributed by atoms with E-state index in [2.05, 4.69) is 42.5 Å². The summed E-state index contributed by atoms with van der Waals surface area (Å²) in [5.74, 6) is 1.33. The lowest BCUT2D eigenvalue weighted by molar-refractivity contribution is -0.0528. The van der Waals surface area contributed by atoms with Crippen LogP contribution in [0.1, 0.15) is 13.3 Å². The first kappa shape index (κ1) is 16.4. The quantitative estimate of drug-likeness (QED) is 0.739. The molecule has 1 fully saturated rings. The van der Waals surface area contributed by atoms with Crippen molar-refractivity contribution in [1.82, 2.24) is 25.5 Å². The van der Waals surface area contributed by atoms with Crippen LogP contribution < -0.4 is 20.1 Å². The number of hydrogen-bond acceptors (Lipinski definition) is 7. The topological polar surface area (TPSA) is 97.0 Å². The van der Waals surface area contributed by atoms with Crippen molar-refractivity contribution < 1.29 is 18.3 Å². The second-order valence-electron chi connectivity index (χ2n) is 5.49. The lowest BCUT2D eigenvalue weighted by Crippen LogP contribution is -2.41. The highest BCUT2D eigenvalue weighted by Crippen LogP contribution is 2.21. The van der Waals surface area contributed by atoms with Crippen molar-refractivity contribution in [2.24, 2.45) is 5.92 Å². The minimum Gasteiger partial charge on any atom is -0.473 e. The largest absolute Gasteiger partial charge is 0.473 e. The average molecular weight is 340 g/mol. The molecule has 0 saturated carbocycles. The number of anilines is 2. The second-order valence-corrected chi connectivity index (χ2v) is 5.49. The van der Waals surface area contributed by atoms with Gasteiger partial charge in [-0.05, 0) is 13.0 Å². The molecular formula is C14H18F2N6O2. The Balaban J connectivity index is 1.63. The molecule has 1 aliphatic heterocycles. The zero-order valence-electron chi connectivity index (χ0n) is 13.0. The average Bonchev–Trinajstić information content (AvgIpc) is 2.96. The standard InChI is InChI=1S/C14H18F2N6O2/c1-8-5-17-3-2-9(8)23-13-7-18-6-11(20-13)19-10-4-12(22-21-10)24-14(15)16/h4,6-9,14,17H,2-3,5H2,1H3,(H2,19,20,21,22)/t8-,9-/m0/s1. The first-order valence-electron chi connectivity index (χ1n) is 7.57. The van der Waals surface area contributed by atoms with E-state index in [4.69, 9.17) is 4.74 Å². The molecule has 2 aromatic heterocycles. The molecule has 0 unspecified atom stereocenters. The number of aromatic amines is 1. The van der Waals surface area contributed by atoms with E-state index < -0.39 is 6.61 Å². The van der Waals surface area contributed by atoms with Crippen LogP contribution in [0.4, 0.5) is 20.4 Å². The number of hydrogen-bond donors (Lipinski definition) is 3. The Labute approximate surface area is 137 Å². The van der Waals surface area contributed by atoms with Gasteiger partial charge in [0, 0.05) is 18.5 Å². The minimum atomic E-state index is -2.93. The number of aromatic nitrogens is 4. The molecule has 0 spiro atoms. The van der Waals surface area contributed by atoms with Crippen molar-refractivity contribution in [1.29, 1.82) is 0 Å². The normalized spacial score (nSPS) is 20.8. The lowest BCUT2D eigenvalue weighted by atomic mass is 9.98. The van der Waals surface area contributed by atoms with E-state index in [1.165, 1.54) is 18.5 Å². The summed E-state index contributed by atoms with van der Waals surface area (Å²) in [5.41, 5.74) is 0. The SMILES string of the molecule is C[C@H]1CNCC[C@@H]1Oc1cncc(Nc2cc(OC(F)F)n[nH]2)n1. The fourth-order valence-electron chi connectivity index (χ4n) is 2.44. The number of H-pyrrole nitrogens is 1. The second kappa shape index (κ2) is 7.39. The molecule has 3 N–H and O–H groups in total. The van der Waals surface area contributed by atoms with Crippen LogP contribution in [0.2, 0.25) is 0 Å². The molecule has 2 aromatic rings. The molecule has 0 radical (unpaired) electrons. The monoisotopic (exact) mass is 340 g/mol. The van der Waals surface area contributed by atoms with Crippen molar-refractivity contribution in [2.45, 2.75) is 26.1 Å². The van der Waals surface area contributed by atoms with Gasteiger partial charge in [-0.1, -0.05) is 6.92 Å². The number of halogens is 2. The van der Waals surface area contributed by atoms with Crippen LogP contribution in [-0.2, 0) is 0 Å². The van der Waals surface area contributed by atoms with Crippen LogP contribution in [0, 0.1) is 5.92 Å². The minimum absolute atomic E-state index is 0.0778. The highest BCUT2D eigenvalue weighted by Gasteiger charge is 2.23. The van der Waals surface area contributed by atoms with E-state index in [0.29, 0.717) is 23.4 Å². The van der Waals surface area contributed by atoms with Crippen molar-refractivity contribution in [2.75, 3.05) is 18.4 Å². The summed E-state index contributed by atoms with van der Waals surface area (Å²) in [6.45, 7) is 0.990. The number of nitrogens with zero attached hydrogens (tertiary/aromatic N) is 3. The van der Waals surface area contributed by atoms with Gasteiger partial charge in [0.15, 0.2) is 5.82 Å². The van der Waals surface area contributed by atoms with E-state index in [1.807, 2.05) is 0 Å². The van der Waals surface area contributed by atoms with Crippen molar-refractivity contribution in [3.8, 4) is 11.8 Å². The third-order valence-corrected chi connectivity index (χ3v) is 3.62. The fourth-order valence-corrected chi connectivity index (χ4v) is 2.44. The predicted octanol–water partition coefficient (Wildman–Crippen LogP) is 1.92. The third-order valence-electron chi connectivity index (χ3n) is 3.62. The maximum atomic E-state index is 12.1. The Morgan fingerprint density at radius 3 is 3.00 bits per heavy atom. The van der Waals surface area contributed by atoms with Crippen molar-refractivity contribution >= 4 is 11.6 Å². The molecule has 10 heteroatoms. The molecule has 2 atom stereocenters. The maximum absolute atomic E-state index is 12.1. The maximum Gasteiger partial charge on any atom is 0.388 e. The molecule has 8 nitrogen and oxygen atoms in total. The lowest BCUT2D eigenvalue weighted by Gasteiger charge is -2.29. The molecule has 3 rings (SSSR count). The Morgan fingerprint density at radius 2 is 2.21 bits per heavy atom. The Bertz CT molecular complexity index is 668. The van der Waals surface area contributed by atoms with Gasteiger partial charge in [0.2, 0.25) is 11.8 Å². The van der Waals surface area contributed by atoms with Gasteiger partial charge in [-0.3, -0.25) is 10.1 Å². The van der Waals surface area contributed by atoms with Gasteiger partial charge in [0.1, 0.15) is 11.9 Å². The van der Waals surface area contributed by atoms with Crippen molar-refractivity contribution in [3.63, 3.8) is 0 Å². The number of rotatable bonds is 6. The van der Waals surface area contributed by atoms with Crippen LogP contribution in [-0.4, -0.2) is 46.0 Å². The van der Waals surface area contributed by atoms with E-state index in [-0.39, 0.29) is 12.0 Å².